The van der Waals surface area contributed by atoms with E-state index in [0.717, 1.165) is 6.26 Å². The van der Waals surface area contributed by atoms with Gasteiger partial charge in [-0.25, -0.2) is 12.8 Å². The number of benzene rings is 2. The minimum absolute atomic E-state index is 0.0347. The molecule has 0 heterocycles. The van der Waals surface area contributed by atoms with Gasteiger partial charge in [0.05, 0.1) is 18.0 Å². The van der Waals surface area contributed by atoms with Crippen molar-refractivity contribution in [2.45, 2.75) is 39.2 Å². The van der Waals surface area contributed by atoms with Gasteiger partial charge in [-0.3, -0.25) is 9.52 Å². The van der Waals surface area contributed by atoms with E-state index in [9.17, 15) is 17.6 Å². The highest BCUT2D eigenvalue weighted by Gasteiger charge is 2.15. The Morgan fingerprint density at radius 2 is 1.76 bits per heavy atom. The van der Waals surface area contributed by atoms with E-state index in [4.69, 9.17) is 4.74 Å². The van der Waals surface area contributed by atoms with E-state index >= 15 is 0 Å². The van der Waals surface area contributed by atoms with Crippen molar-refractivity contribution in [3.05, 3.63) is 59.4 Å². The molecule has 0 aromatic heterocycles. The van der Waals surface area contributed by atoms with E-state index in [1.54, 1.807) is 13.0 Å². The Morgan fingerprint density at radius 1 is 1.14 bits per heavy atom. The van der Waals surface area contributed by atoms with Gasteiger partial charge < -0.3 is 10.1 Å². The van der Waals surface area contributed by atoms with Crippen LogP contribution in [0.15, 0.2) is 42.5 Å². The van der Waals surface area contributed by atoms with Crippen LogP contribution in [0.3, 0.4) is 0 Å². The fourth-order valence-corrected chi connectivity index (χ4v) is 3.21. The highest BCUT2D eigenvalue weighted by Crippen LogP contribution is 2.24. The summed E-state index contributed by atoms with van der Waals surface area (Å²) in [5.41, 5.74) is 1.56. The van der Waals surface area contributed by atoms with Gasteiger partial charge in [0.25, 0.3) is 5.91 Å². The van der Waals surface area contributed by atoms with E-state index in [0.29, 0.717) is 11.3 Å². The van der Waals surface area contributed by atoms with Crippen LogP contribution in [0.1, 0.15) is 44.9 Å². The fraction of sp³-hybridized carbons (Fsp3) is 0.381. The average Bonchev–Trinajstić information content (AvgIpc) is 2.60. The molecule has 0 bridgehead atoms. The molecule has 2 rings (SSSR count). The second-order valence-corrected chi connectivity index (χ2v) is 9.71. The second kappa shape index (κ2) is 8.82. The largest absolute Gasteiger partial charge is 0.484 e. The number of anilines is 1. The maximum atomic E-state index is 14.1. The summed E-state index contributed by atoms with van der Waals surface area (Å²) in [5, 5.41) is 2.73. The quantitative estimate of drug-likeness (QED) is 0.712. The Hall–Kier alpha value is -2.61. The molecule has 0 radical (unpaired) electrons. The predicted octanol–water partition coefficient (Wildman–Crippen LogP) is 3.75. The number of amides is 1. The maximum absolute atomic E-state index is 14.1. The molecular weight excluding hydrogens is 395 g/mol. The van der Waals surface area contributed by atoms with Crippen LogP contribution in [-0.2, 0) is 20.2 Å². The Morgan fingerprint density at radius 3 is 2.28 bits per heavy atom. The molecule has 6 nitrogen and oxygen atoms in total. The van der Waals surface area contributed by atoms with E-state index in [1.807, 2.05) is 24.3 Å². The third kappa shape index (κ3) is 7.05. The van der Waals surface area contributed by atoms with Crippen LogP contribution in [0.2, 0.25) is 0 Å². The SMILES string of the molecule is C[C@@H](NC(=O)COc1ccc(C(C)(C)C)cc1)c1ccc(NS(C)(=O)=O)c(F)c1. The smallest absolute Gasteiger partial charge is 0.258 e. The van der Waals surface area contributed by atoms with Crippen LogP contribution in [0, 0.1) is 5.82 Å². The number of carbonyl (C=O) groups excluding carboxylic acids is 1. The highest BCUT2D eigenvalue weighted by atomic mass is 32.2. The van der Waals surface area contributed by atoms with Crippen LogP contribution in [0.5, 0.6) is 5.75 Å². The Labute approximate surface area is 171 Å². The summed E-state index contributed by atoms with van der Waals surface area (Å²) in [6, 6.07) is 11.1. The number of hydrogen-bond acceptors (Lipinski definition) is 4. The topological polar surface area (TPSA) is 84.5 Å². The van der Waals surface area contributed by atoms with Crippen molar-refractivity contribution in [2.24, 2.45) is 0 Å². The van der Waals surface area contributed by atoms with Crippen molar-refractivity contribution in [2.75, 3.05) is 17.6 Å². The molecule has 158 valence electrons. The van der Waals surface area contributed by atoms with Crippen molar-refractivity contribution >= 4 is 21.6 Å². The highest BCUT2D eigenvalue weighted by molar-refractivity contribution is 7.92. The Bertz CT molecular complexity index is 967. The van der Waals surface area contributed by atoms with Crippen molar-refractivity contribution in [3.8, 4) is 5.75 Å². The Kier molecular flexibility index (Phi) is 6.89. The van der Waals surface area contributed by atoms with Crippen molar-refractivity contribution in [1.82, 2.24) is 5.32 Å². The van der Waals surface area contributed by atoms with Gasteiger partial charge in [0, 0.05) is 0 Å². The zero-order chi connectivity index (χ0) is 21.8. The zero-order valence-electron chi connectivity index (χ0n) is 17.2. The average molecular weight is 423 g/mol. The van der Waals surface area contributed by atoms with E-state index in [2.05, 4.69) is 30.8 Å². The van der Waals surface area contributed by atoms with Gasteiger partial charge in [-0.1, -0.05) is 39.0 Å². The lowest BCUT2D eigenvalue weighted by Gasteiger charge is -2.19. The van der Waals surface area contributed by atoms with Crippen LogP contribution < -0.4 is 14.8 Å². The number of sulfonamides is 1. The molecule has 0 aliphatic heterocycles. The molecule has 2 aromatic rings. The second-order valence-electron chi connectivity index (χ2n) is 7.97. The molecule has 1 amide bonds. The number of carbonyl (C=O) groups is 1. The molecule has 29 heavy (non-hydrogen) atoms. The van der Waals surface area contributed by atoms with Crippen molar-refractivity contribution < 1.29 is 22.3 Å². The molecular formula is C21H27FN2O4S. The lowest BCUT2D eigenvalue weighted by atomic mass is 9.87. The number of nitrogens with one attached hydrogen (secondary N) is 2. The zero-order valence-corrected chi connectivity index (χ0v) is 18.1. The number of hydrogen-bond donors (Lipinski definition) is 2. The lowest BCUT2D eigenvalue weighted by molar-refractivity contribution is -0.123. The Balaban J connectivity index is 1.92. The first-order valence-corrected chi connectivity index (χ1v) is 11.0. The molecule has 0 saturated carbocycles. The summed E-state index contributed by atoms with van der Waals surface area (Å²) in [7, 11) is -3.57. The minimum Gasteiger partial charge on any atom is -0.484 e. The van der Waals surface area contributed by atoms with Crippen molar-refractivity contribution in [3.63, 3.8) is 0 Å². The van der Waals surface area contributed by atoms with Gasteiger partial charge in [-0.2, -0.15) is 0 Å². The molecule has 0 fully saturated rings. The molecule has 0 saturated heterocycles. The number of rotatable bonds is 7. The predicted molar refractivity (Wildman–Crippen MR) is 112 cm³/mol. The van der Waals surface area contributed by atoms with Crippen LogP contribution in [0.25, 0.3) is 0 Å². The van der Waals surface area contributed by atoms with Crippen LogP contribution >= 0.6 is 0 Å². The van der Waals surface area contributed by atoms with Crippen LogP contribution in [-0.4, -0.2) is 27.2 Å². The summed E-state index contributed by atoms with van der Waals surface area (Å²) >= 11 is 0. The van der Waals surface area contributed by atoms with Gasteiger partial charge in [-0.15, -0.1) is 0 Å². The summed E-state index contributed by atoms with van der Waals surface area (Å²) < 4.78 is 44.2. The monoisotopic (exact) mass is 422 g/mol. The van der Waals surface area contributed by atoms with Gasteiger partial charge in [0.1, 0.15) is 11.6 Å². The first-order valence-electron chi connectivity index (χ1n) is 9.15. The summed E-state index contributed by atoms with van der Waals surface area (Å²) in [6.45, 7) is 7.88. The molecule has 2 aromatic carbocycles. The first kappa shape index (κ1) is 22.7. The first-order chi connectivity index (χ1) is 13.3. The van der Waals surface area contributed by atoms with E-state index in [-0.39, 0.29) is 23.6 Å². The van der Waals surface area contributed by atoms with Gasteiger partial charge >= 0.3 is 0 Å². The molecule has 1 atom stereocenters. The summed E-state index contributed by atoms with van der Waals surface area (Å²) in [4.78, 5) is 12.1. The molecule has 0 spiro atoms. The standard InChI is InChI=1S/C21H27FN2O4S/c1-14(15-6-11-19(18(22)12-15)24-29(5,26)27)23-20(25)13-28-17-9-7-16(8-10-17)21(2,3)4/h6-12,14,24H,13H2,1-5H3,(H,23,25)/t14-/m1/s1. The number of ether oxygens (including phenoxy) is 1. The van der Waals surface area contributed by atoms with Gasteiger partial charge in [0.2, 0.25) is 10.0 Å². The minimum atomic E-state index is -3.57. The summed E-state index contributed by atoms with van der Waals surface area (Å²) in [5.74, 6) is -0.483. The number of halogens is 1. The van der Waals surface area contributed by atoms with Gasteiger partial charge in [0.15, 0.2) is 6.61 Å². The lowest BCUT2D eigenvalue weighted by Crippen LogP contribution is -2.31. The maximum Gasteiger partial charge on any atom is 0.258 e. The van der Waals surface area contributed by atoms with Crippen LogP contribution in [0.4, 0.5) is 10.1 Å². The molecule has 0 aliphatic carbocycles. The van der Waals surface area contributed by atoms with E-state index in [1.165, 1.54) is 17.7 Å². The third-order valence-electron chi connectivity index (χ3n) is 4.26. The third-order valence-corrected chi connectivity index (χ3v) is 4.85. The van der Waals surface area contributed by atoms with Crippen molar-refractivity contribution in [1.29, 1.82) is 0 Å². The molecule has 8 heteroatoms. The normalized spacial score (nSPS) is 12.9. The van der Waals surface area contributed by atoms with E-state index < -0.39 is 21.9 Å². The molecule has 2 N–H and O–H groups in total. The van der Waals surface area contributed by atoms with Gasteiger partial charge in [-0.05, 0) is 47.7 Å². The fourth-order valence-electron chi connectivity index (χ4n) is 2.65. The summed E-state index contributed by atoms with van der Waals surface area (Å²) in [6.07, 6.45) is 0.944. The molecule has 0 unspecified atom stereocenters. The molecule has 0 aliphatic rings.